The standard InChI is InChI=1S/C25H24N2O4/c1-3-15-7-10-20-18(13-22(28)31-21(20)11-15)14-27-23(29)25(2,26-24(27)30)19-9-8-16-5-4-6-17(16)12-19/h7-13H,3-6,14H2,1-2H3,(H,26,30)/t25-/m0/s1. The van der Waals surface area contributed by atoms with Crippen LogP contribution in [-0.4, -0.2) is 16.8 Å². The number of carbonyl (C=O) groups excluding carboxylic acids is 2. The number of benzene rings is 2. The van der Waals surface area contributed by atoms with Gasteiger partial charge < -0.3 is 9.73 Å². The lowest BCUT2D eigenvalue weighted by Crippen LogP contribution is -2.41. The van der Waals surface area contributed by atoms with Crippen molar-refractivity contribution in [3.63, 3.8) is 0 Å². The van der Waals surface area contributed by atoms with Gasteiger partial charge in [-0.2, -0.15) is 0 Å². The first kappa shape index (κ1) is 19.5. The van der Waals surface area contributed by atoms with Crippen LogP contribution in [0.1, 0.15) is 48.1 Å². The summed E-state index contributed by atoms with van der Waals surface area (Å²) in [6.07, 6.45) is 3.99. The van der Waals surface area contributed by atoms with E-state index in [2.05, 4.69) is 11.4 Å². The van der Waals surface area contributed by atoms with Crippen molar-refractivity contribution in [3.05, 3.63) is 80.7 Å². The Morgan fingerprint density at radius 3 is 2.65 bits per heavy atom. The van der Waals surface area contributed by atoms with Crippen LogP contribution in [0.3, 0.4) is 0 Å². The number of imide groups is 1. The Bertz CT molecular complexity index is 1290. The lowest BCUT2D eigenvalue weighted by molar-refractivity contribution is -0.131. The Morgan fingerprint density at radius 2 is 1.84 bits per heavy atom. The summed E-state index contributed by atoms with van der Waals surface area (Å²) in [5.41, 5.74) is 3.84. The fourth-order valence-corrected chi connectivity index (χ4v) is 4.71. The summed E-state index contributed by atoms with van der Waals surface area (Å²) in [5.74, 6) is -0.318. The summed E-state index contributed by atoms with van der Waals surface area (Å²) < 4.78 is 5.36. The van der Waals surface area contributed by atoms with Gasteiger partial charge in [0.25, 0.3) is 5.91 Å². The minimum Gasteiger partial charge on any atom is -0.423 e. The summed E-state index contributed by atoms with van der Waals surface area (Å²) in [4.78, 5) is 39.5. The molecule has 5 rings (SSSR count). The van der Waals surface area contributed by atoms with Crippen molar-refractivity contribution in [2.75, 3.05) is 0 Å². The molecule has 6 nitrogen and oxygen atoms in total. The number of nitrogens with one attached hydrogen (secondary N) is 1. The van der Waals surface area contributed by atoms with E-state index in [-0.39, 0.29) is 12.5 Å². The maximum Gasteiger partial charge on any atom is 0.336 e. The van der Waals surface area contributed by atoms with Crippen LogP contribution in [0.2, 0.25) is 0 Å². The molecule has 1 N–H and O–H groups in total. The zero-order valence-corrected chi connectivity index (χ0v) is 17.7. The zero-order chi connectivity index (χ0) is 21.8. The predicted molar refractivity (Wildman–Crippen MR) is 117 cm³/mol. The van der Waals surface area contributed by atoms with E-state index in [1.807, 2.05) is 37.3 Å². The van der Waals surface area contributed by atoms with E-state index in [1.54, 1.807) is 6.92 Å². The van der Waals surface area contributed by atoms with Gasteiger partial charge in [0.1, 0.15) is 11.1 Å². The average Bonchev–Trinajstić information content (AvgIpc) is 3.31. The van der Waals surface area contributed by atoms with Crippen molar-refractivity contribution in [3.8, 4) is 0 Å². The van der Waals surface area contributed by atoms with Crippen molar-refractivity contribution < 1.29 is 14.0 Å². The smallest absolute Gasteiger partial charge is 0.336 e. The number of rotatable bonds is 4. The molecule has 0 saturated carbocycles. The van der Waals surface area contributed by atoms with E-state index >= 15 is 0 Å². The number of nitrogens with zero attached hydrogens (tertiary/aromatic N) is 1. The number of carbonyl (C=O) groups is 2. The van der Waals surface area contributed by atoms with E-state index in [0.29, 0.717) is 11.1 Å². The average molecular weight is 416 g/mol. The molecule has 1 aromatic heterocycles. The first-order chi connectivity index (χ1) is 14.9. The molecule has 1 fully saturated rings. The van der Waals surface area contributed by atoms with Gasteiger partial charge in [-0.05, 0) is 66.5 Å². The van der Waals surface area contributed by atoms with Gasteiger partial charge in [-0.25, -0.2) is 9.59 Å². The van der Waals surface area contributed by atoms with Crippen LogP contribution in [0, 0.1) is 0 Å². The van der Waals surface area contributed by atoms with Crippen LogP contribution < -0.4 is 10.9 Å². The highest BCUT2D eigenvalue weighted by Crippen LogP contribution is 2.33. The SMILES string of the molecule is CCc1ccc2c(CN3C(=O)N[C@@](C)(c4ccc5c(c4)CCC5)C3=O)cc(=O)oc2c1. The topological polar surface area (TPSA) is 79.6 Å². The van der Waals surface area contributed by atoms with Gasteiger partial charge >= 0.3 is 11.7 Å². The van der Waals surface area contributed by atoms with E-state index in [9.17, 15) is 14.4 Å². The molecule has 1 aliphatic heterocycles. The molecule has 3 aromatic rings. The first-order valence-corrected chi connectivity index (χ1v) is 10.7. The van der Waals surface area contributed by atoms with E-state index < -0.39 is 17.2 Å². The molecule has 0 radical (unpaired) electrons. The molecule has 0 unspecified atom stereocenters. The zero-order valence-electron chi connectivity index (χ0n) is 17.7. The maximum atomic E-state index is 13.4. The number of hydrogen-bond donors (Lipinski definition) is 1. The molecule has 0 bridgehead atoms. The molecule has 1 aliphatic carbocycles. The van der Waals surface area contributed by atoms with Gasteiger partial charge in [-0.3, -0.25) is 9.69 Å². The Hall–Kier alpha value is -3.41. The molecule has 2 aromatic carbocycles. The van der Waals surface area contributed by atoms with Crippen molar-refractivity contribution in [2.24, 2.45) is 0 Å². The fourth-order valence-electron chi connectivity index (χ4n) is 4.71. The minimum absolute atomic E-state index is 0.0127. The molecule has 158 valence electrons. The maximum absolute atomic E-state index is 13.4. The van der Waals surface area contributed by atoms with Crippen molar-refractivity contribution >= 4 is 22.9 Å². The van der Waals surface area contributed by atoms with Gasteiger partial charge in [0, 0.05) is 11.5 Å². The molecule has 2 heterocycles. The molecule has 3 amide bonds. The second kappa shape index (κ2) is 7.08. The number of fused-ring (bicyclic) bond motifs is 2. The van der Waals surface area contributed by atoms with Crippen LogP contribution in [0.4, 0.5) is 4.79 Å². The highest BCUT2D eigenvalue weighted by atomic mass is 16.4. The third kappa shape index (κ3) is 3.14. The number of hydrogen-bond acceptors (Lipinski definition) is 4. The summed E-state index contributed by atoms with van der Waals surface area (Å²) in [6, 6.07) is 12.6. The number of aryl methyl sites for hydroxylation is 3. The normalized spacial score (nSPS) is 20.4. The van der Waals surface area contributed by atoms with Crippen molar-refractivity contribution in [2.45, 2.75) is 51.6 Å². The quantitative estimate of drug-likeness (QED) is 0.518. The van der Waals surface area contributed by atoms with E-state index in [4.69, 9.17) is 4.42 Å². The molecule has 6 heteroatoms. The van der Waals surface area contributed by atoms with Crippen molar-refractivity contribution in [1.29, 1.82) is 0 Å². The largest absolute Gasteiger partial charge is 0.423 e. The molecule has 1 saturated heterocycles. The fraction of sp³-hybridized carbons (Fsp3) is 0.320. The Kier molecular flexibility index (Phi) is 4.46. The molecule has 1 atom stereocenters. The molecule has 0 spiro atoms. The van der Waals surface area contributed by atoms with Gasteiger partial charge in [0.2, 0.25) is 0 Å². The monoisotopic (exact) mass is 416 g/mol. The van der Waals surface area contributed by atoms with E-state index in [0.717, 1.165) is 42.2 Å². The van der Waals surface area contributed by atoms with Crippen LogP contribution in [0.25, 0.3) is 11.0 Å². The van der Waals surface area contributed by atoms with Crippen LogP contribution >= 0.6 is 0 Å². The van der Waals surface area contributed by atoms with Crippen LogP contribution in [-0.2, 0) is 36.1 Å². The third-order valence-electron chi connectivity index (χ3n) is 6.58. The van der Waals surface area contributed by atoms with Gasteiger partial charge in [-0.1, -0.05) is 37.3 Å². The minimum atomic E-state index is -1.13. The third-order valence-corrected chi connectivity index (χ3v) is 6.58. The Morgan fingerprint density at radius 1 is 1.03 bits per heavy atom. The van der Waals surface area contributed by atoms with E-state index in [1.165, 1.54) is 22.1 Å². The summed E-state index contributed by atoms with van der Waals surface area (Å²) in [5, 5.41) is 3.60. The molecule has 2 aliphatic rings. The lowest BCUT2D eigenvalue weighted by Gasteiger charge is -2.23. The Balaban J connectivity index is 1.50. The van der Waals surface area contributed by atoms with Gasteiger partial charge in [0.15, 0.2) is 0 Å². The highest BCUT2D eigenvalue weighted by molar-refractivity contribution is 6.07. The summed E-state index contributed by atoms with van der Waals surface area (Å²) >= 11 is 0. The van der Waals surface area contributed by atoms with Crippen LogP contribution in [0.5, 0.6) is 0 Å². The number of urea groups is 1. The van der Waals surface area contributed by atoms with Crippen LogP contribution in [0.15, 0.2) is 51.7 Å². The first-order valence-electron chi connectivity index (χ1n) is 10.7. The second-order valence-electron chi connectivity index (χ2n) is 8.56. The molecule has 31 heavy (non-hydrogen) atoms. The highest BCUT2D eigenvalue weighted by Gasteiger charge is 2.49. The van der Waals surface area contributed by atoms with Gasteiger partial charge in [0.05, 0.1) is 6.54 Å². The summed E-state index contributed by atoms with van der Waals surface area (Å²) in [7, 11) is 0. The lowest BCUT2D eigenvalue weighted by atomic mass is 9.89. The number of amides is 3. The Labute approximate surface area is 179 Å². The second-order valence-corrected chi connectivity index (χ2v) is 8.56. The van der Waals surface area contributed by atoms with Gasteiger partial charge in [-0.15, -0.1) is 0 Å². The molecular formula is C25H24N2O4. The molecular weight excluding hydrogens is 392 g/mol. The predicted octanol–water partition coefficient (Wildman–Crippen LogP) is 3.81. The van der Waals surface area contributed by atoms with Crippen molar-refractivity contribution in [1.82, 2.24) is 10.2 Å². The summed E-state index contributed by atoms with van der Waals surface area (Å²) in [6.45, 7) is 3.78.